The highest BCUT2D eigenvalue weighted by Crippen LogP contribution is 2.25. The van der Waals surface area contributed by atoms with E-state index in [1.807, 2.05) is 31.2 Å². The van der Waals surface area contributed by atoms with Crippen molar-refractivity contribution in [1.82, 2.24) is 20.2 Å². The number of para-hydroxylation sites is 1. The van der Waals surface area contributed by atoms with Gasteiger partial charge in [-0.2, -0.15) is 0 Å². The molecule has 1 fully saturated rings. The monoisotopic (exact) mass is 390 g/mol. The van der Waals surface area contributed by atoms with Crippen LogP contribution >= 0.6 is 11.8 Å². The lowest BCUT2D eigenvalue weighted by molar-refractivity contribution is -0.119. The zero-order valence-electron chi connectivity index (χ0n) is 15.8. The van der Waals surface area contributed by atoms with Gasteiger partial charge in [0.15, 0.2) is 0 Å². The number of morpholine rings is 1. The largest absolute Gasteiger partial charge is 0.383 e. The summed E-state index contributed by atoms with van der Waals surface area (Å²) in [7, 11) is 1.63. The van der Waals surface area contributed by atoms with Gasteiger partial charge in [-0.15, -0.1) is 0 Å². The van der Waals surface area contributed by atoms with E-state index in [0.29, 0.717) is 18.9 Å². The van der Waals surface area contributed by atoms with Gasteiger partial charge in [0, 0.05) is 31.6 Å². The number of rotatable bonds is 8. The summed E-state index contributed by atoms with van der Waals surface area (Å²) in [5.74, 6) is 1.07. The lowest BCUT2D eigenvalue weighted by Crippen LogP contribution is -2.36. The Morgan fingerprint density at radius 3 is 2.89 bits per heavy atom. The highest BCUT2D eigenvalue weighted by atomic mass is 32.2. The molecule has 1 N–H and O–H groups in total. The van der Waals surface area contributed by atoms with E-state index in [1.54, 1.807) is 7.11 Å². The van der Waals surface area contributed by atoms with Gasteiger partial charge in [-0.25, -0.2) is 9.97 Å². The Morgan fingerprint density at radius 2 is 2.11 bits per heavy atom. The molecule has 0 radical (unpaired) electrons. The Morgan fingerprint density at radius 1 is 1.33 bits per heavy atom. The smallest absolute Gasteiger partial charge is 0.230 e. The number of thioether (sulfide) groups is 1. The molecule has 0 saturated carbocycles. The van der Waals surface area contributed by atoms with Crippen molar-refractivity contribution in [1.29, 1.82) is 0 Å². The minimum atomic E-state index is -0.0260. The van der Waals surface area contributed by atoms with Crippen molar-refractivity contribution in [3.05, 3.63) is 30.1 Å². The number of amides is 1. The van der Waals surface area contributed by atoms with Gasteiger partial charge in [-0.3, -0.25) is 9.69 Å². The normalized spacial score (nSPS) is 16.4. The van der Waals surface area contributed by atoms with Crippen LogP contribution in [0.15, 0.2) is 29.3 Å². The molecule has 1 amide bonds. The zero-order chi connectivity index (χ0) is 19.1. The number of carbonyl (C=O) groups excluding carboxylic acids is 1. The van der Waals surface area contributed by atoms with Gasteiger partial charge in [0.1, 0.15) is 10.9 Å². The lowest BCUT2D eigenvalue weighted by atomic mass is 10.2. The first-order valence-corrected chi connectivity index (χ1v) is 10.1. The quantitative estimate of drug-likeness (QED) is 0.543. The number of benzene rings is 1. The van der Waals surface area contributed by atoms with Crippen LogP contribution in [0, 0.1) is 0 Å². The van der Waals surface area contributed by atoms with E-state index in [0.717, 1.165) is 48.1 Å². The number of carbonyl (C=O) groups is 1. The molecule has 146 valence electrons. The van der Waals surface area contributed by atoms with E-state index in [2.05, 4.69) is 10.2 Å². The van der Waals surface area contributed by atoms with Gasteiger partial charge in [-0.1, -0.05) is 30.0 Å². The number of fused-ring (bicyclic) bond motifs is 1. The minimum absolute atomic E-state index is 0.0119. The Hall–Kier alpha value is -1.74. The molecule has 7 nitrogen and oxygen atoms in total. The third kappa shape index (κ3) is 5.87. The third-order valence-corrected chi connectivity index (χ3v) is 5.24. The molecule has 3 rings (SSSR count). The number of methoxy groups -OCH3 is 1. The first-order valence-electron chi connectivity index (χ1n) is 9.12. The molecule has 27 heavy (non-hydrogen) atoms. The predicted molar refractivity (Wildman–Crippen MR) is 106 cm³/mol. The van der Waals surface area contributed by atoms with E-state index >= 15 is 0 Å². The molecule has 0 spiro atoms. The summed E-state index contributed by atoms with van der Waals surface area (Å²) < 4.78 is 10.5. The molecule has 2 heterocycles. The summed E-state index contributed by atoms with van der Waals surface area (Å²) >= 11 is 1.45. The molecular weight excluding hydrogens is 364 g/mol. The van der Waals surface area contributed by atoms with Crippen molar-refractivity contribution in [2.24, 2.45) is 0 Å². The molecule has 1 aromatic heterocycles. The lowest BCUT2D eigenvalue weighted by Gasteiger charge is -2.25. The summed E-state index contributed by atoms with van der Waals surface area (Å²) in [6.07, 6.45) is 0. The molecule has 1 aliphatic heterocycles. The summed E-state index contributed by atoms with van der Waals surface area (Å²) in [6.45, 7) is 6.38. The highest BCUT2D eigenvalue weighted by Gasteiger charge is 2.15. The van der Waals surface area contributed by atoms with Crippen LogP contribution in [0.25, 0.3) is 10.9 Å². The fraction of sp³-hybridized carbons (Fsp3) is 0.526. The maximum atomic E-state index is 12.2. The topological polar surface area (TPSA) is 76.6 Å². The number of hydrogen-bond acceptors (Lipinski definition) is 7. The van der Waals surface area contributed by atoms with Gasteiger partial charge < -0.3 is 14.8 Å². The van der Waals surface area contributed by atoms with E-state index < -0.39 is 0 Å². The van der Waals surface area contributed by atoms with Gasteiger partial charge in [0.05, 0.1) is 37.6 Å². The predicted octanol–water partition coefficient (Wildman–Crippen LogP) is 1.71. The molecule has 1 aromatic carbocycles. The number of ether oxygens (including phenoxy) is 2. The van der Waals surface area contributed by atoms with Gasteiger partial charge >= 0.3 is 0 Å². The van der Waals surface area contributed by atoms with Crippen molar-refractivity contribution >= 4 is 28.6 Å². The van der Waals surface area contributed by atoms with Crippen LogP contribution in [-0.2, 0) is 20.8 Å². The highest BCUT2D eigenvalue weighted by molar-refractivity contribution is 8.00. The van der Waals surface area contributed by atoms with Crippen LogP contribution in [0.2, 0.25) is 0 Å². The number of hydrogen-bond donors (Lipinski definition) is 1. The molecular formula is C19H26N4O3S. The van der Waals surface area contributed by atoms with Crippen LogP contribution in [0.3, 0.4) is 0 Å². The average molecular weight is 391 g/mol. The Labute approximate surface area is 163 Å². The van der Waals surface area contributed by atoms with E-state index in [1.165, 1.54) is 11.8 Å². The van der Waals surface area contributed by atoms with Crippen LogP contribution in [0.1, 0.15) is 12.7 Å². The third-order valence-electron chi connectivity index (χ3n) is 4.25. The second-order valence-corrected chi connectivity index (χ2v) is 7.53. The Balaban J connectivity index is 1.71. The van der Waals surface area contributed by atoms with Crippen LogP contribution < -0.4 is 5.32 Å². The number of aromatic nitrogens is 2. The average Bonchev–Trinajstić information content (AvgIpc) is 2.67. The maximum absolute atomic E-state index is 12.2. The van der Waals surface area contributed by atoms with Crippen LogP contribution in [0.4, 0.5) is 0 Å². The fourth-order valence-electron chi connectivity index (χ4n) is 2.98. The van der Waals surface area contributed by atoms with Gasteiger partial charge in [-0.05, 0) is 13.0 Å². The molecule has 1 saturated heterocycles. The van der Waals surface area contributed by atoms with Crippen molar-refractivity contribution in [3.8, 4) is 0 Å². The zero-order valence-corrected chi connectivity index (χ0v) is 16.6. The number of nitrogens with one attached hydrogen (secondary N) is 1. The standard InChI is InChI=1S/C19H26N4O3S/c1-14(12-25-2)20-18(24)13-27-19-15-5-3-4-6-16(15)21-17(22-19)11-23-7-9-26-10-8-23/h3-6,14H,7-13H2,1-2H3,(H,20,24)/t14-/m0/s1. The number of nitrogens with zero attached hydrogens (tertiary/aromatic N) is 3. The van der Waals surface area contributed by atoms with Crippen LogP contribution in [-0.4, -0.2) is 72.6 Å². The molecule has 0 aliphatic carbocycles. The molecule has 1 atom stereocenters. The van der Waals surface area contributed by atoms with Crippen molar-refractivity contribution < 1.29 is 14.3 Å². The first kappa shape index (κ1) is 20.0. The van der Waals surface area contributed by atoms with Crippen molar-refractivity contribution in [3.63, 3.8) is 0 Å². The van der Waals surface area contributed by atoms with E-state index in [9.17, 15) is 4.79 Å². The SMILES string of the molecule is COC[C@H](C)NC(=O)CSc1nc(CN2CCOCC2)nc2ccccc12. The maximum Gasteiger partial charge on any atom is 0.230 e. The summed E-state index contributed by atoms with van der Waals surface area (Å²) in [4.78, 5) is 23.9. The molecule has 0 unspecified atom stereocenters. The summed E-state index contributed by atoms with van der Waals surface area (Å²) in [6, 6.07) is 7.92. The summed E-state index contributed by atoms with van der Waals surface area (Å²) in [5.41, 5.74) is 0.909. The fourth-order valence-corrected chi connectivity index (χ4v) is 3.82. The van der Waals surface area contributed by atoms with E-state index in [-0.39, 0.29) is 11.9 Å². The van der Waals surface area contributed by atoms with Gasteiger partial charge in [0.25, 0.3) is 0 Å². The molecule has 0 bridgehead atoms. The minimum Gasteiger partial charge on any atom is -0.383 e. The van der Waals surface area contributed by atoms with Crippen molar-refractivity contribution in [2.45, 2.75) is 24.5 Å². The van der Waals surface area contributed by atoms with Gasteiger partial charge in [0.2, 0.25) is 5.91 Å². The molecule has 1 aliphatic rings. The second-order valence-electron chi connectivity index (χ2n) is 6.56. The second kappa shape index (κ2) is 9.98. The Bertz CT molecular complexity index is 768. The van der Waals surface area contributed by atoms with Crippen molar-refractivity contribution in [2.75, 3.05) is 45.8 Å². The van der Waals surface area contributed by atoms with E-state index in [4.69, 9.17) is 19.4 Å². The molecule has 2 aromatic rings. The van der Waals surface area contributed by atoms with Crippen LogP contribution in [0.5, 0.6) is 0 Å². The molecule has 8 heteroatoms. The first-order chi connectivity index (χ1) is 13.2. The Kier molecular flexibility index (Phi) is 7.40. The summed E-state index contributed by atoms with van der Waals surface area (Å²) in [5, 5.41) is 4.75.